The Morgan fingerprint density at radius 3 is 1.08 bits per heavy atom. The molecule has 0 heterocycles. The third-order valence-corrected chi connectivity index (χ3v) is 6.81. The van der Waals surface area contributed by atoms with Crippen molar-refractivity contribution in [1.29, 1.82) is 0 Å². The molecule has 0 atom stereocenters. The van der Waals surface area contributed by atoms with Crippen LogP contribution in [0.2, 0.25) is 0 Å². The largest absolute Gasteiger partial charge is 0.458 e. The predicted molar refractivity (Wildman–Crippen MR) is 132 cm³/mol. The van der Waals surface area contributed by atoms with Gasteiger partial charge in [0.2, 0.25) is 0 Å². The number of fused-ring (bicyclic) bond motifs is 2. The molecule has 0 saturated heterocycles. The fourth-order valence-corrected chi connectivity index (χ4v) is 5.12. The quantitative estimate of drug-likeness (QED) is 0.145. The summed E-state index contributed by atoms with van der Waals surface area (Å²) in [6, 6.07) is 11.0. The van der Waals surface area contributed by atoms with Crippen LogP contribution in [0.4, 0.5) is 43.9 Å². The Hall–Kier alpha value is -1.84. The lowest BCUT2D eigenvalue weighted by molar-refractivity contribution is -0.289. The maximum absolute atomic E-state index is 13.9. The van der Waals surface area contributed by atoms with Gasteiger partial charge >= 0.3 is 24.2 Å². The summed E-state index contributed by atoms with van der Waals surface area (Å²) >= 11 is 3.70. The molecule has 0 bridgehead atoms. The van der Waals surface area contributed by atoms with E-state index < -0.39 is 35.3 Å². The van der Waals surface area contributed by atoms with Gasteiger partial charge in [0, 0.05) is 18.3 Å². The molecule has 0 aliphatic carbocycles. The Morgan fingerprint density at radius 2 is 0.778 bits per heavy atom. The molecule has 0 fully saturated rings. The van der Waals surface area contributed by atoms with Crippen LogP contribution in [0.15, 0.2) is 60.7 Å². The molecule has 4 aromatic rings. The molecule has 0 nitrogen and oxygen atoms in total. The number of alkyl halides is 10. The second kappa shape index (κ2) is 8.88. The van der Waals surface area contributed by atoms with Crippen molar-refractivity contribution in [2.75, 3.05) is 0 Å². The lowest BCUT2D eigenvalue weighted by Crippen LogP contribution is -2.33. The zero-order valence-electron chi connectivity index (χ0n) is 17.3. The van der Waals surface area contributed by atoms with Gasteiger partial charge < -0.3 is 0 Å². The van der Waals surface area contributed by atoms with E-state index in [4.69, 9.17) is 0 Å². The van der Waals surface area contributed by atoms with Gasteiger partial charge in [-0.3, -0.25) is 0 Å². The molecule has 190 valence electrons. The van der Waals surface area contributed by atoms with Crippen molar-refractivity contribution in [2.24, 2.45) is 0 Å². The monoisotopic (exact) mass is 742 g/mol. The average Bonchev–Trinajstić information content (AvgIpc) is 2.75. The van der Waals surface area contributed by atoms with Gasteiger partial charge in [-0.25, -0.2) is 0 Å². The molecular formula is C24H10F10I2. The van der Waals surface area contributed by atoms with Crippen LogP contribution < -0.4 is 0 Å². The lowest BCUT2D eigenvalue weighted by atomic mass is 9.91. The standard InChI is InChI=1S/C24H10F10I2/c25-21(26,23(29,30)31)13-1-3-17-11(5-13)7-15(35)9-19(17)20-10-16(36)8-12-6-14(2-4-18(12)20)22(27,28)24(32,33)34/h1-10H. The molecule has 0 aliphatic rings. The summed E-state index contributed by atoms with van der Waals surface area (Å²) in [4.78, 5) is 0. The number of halogens is 12. The summed E-state index contributed by atoms with van der Waals surface area (Å²) in [5.74, 6) is -10.2. The Kier molecular flexibility index (Phi) is 6.71. The molecule has 0 aliphatic heterocycles. The highest BCUT2D eigenvalue weighted by Gasteiger charge is 2.59. The van der Waals surface area contributed by atoms with E-state index in [-0.39, 0.29) is 10.8 Å². The van der Waals surface area contributed by atoms with Crippen molar-refractivity contribution < 1.29 is 43.9 Å². The van der Waals surface area contributed by atoms with E-state index in [1.807, 2.05) is 45.2 Å². The third-order valence-electron chi connectivity index (χ3n) is 5.56. The molecule has 0 unspecified atom stereocenters. The average molecular weight is 742 g/mol. The van der Waals surface area contributed by atoms with Gasteiger partial charge in [0.05, 0.1) is 0 Å². The Labute approximate surface area is 223 Å². The van der Waals surface area contributed by atoms with E-state index in [9.17, 15) is 43.9 Å². The molecule has 0 N–H and O–H groups in total. The number of hydrogen-bond acceptors (Lipinski definition) is 0. The summed E-state index contributed by atoms with van der Waals surface area (Å²) in [7, 11) is 0. The second-order valence-corrected chi connectivity index (χ2v) is 10.4. The van der Waals surface area contributed by atoms with Crippen LogP contribution in [0.5, 0.6) is 0 Å². The molecule has 4 rings (SSSR count). The molecule has 0 spiro atoms. The first-order valence-corrected chi connectivity index (χ1v) is 12.0. The van der Waals surface area contributed by atoms with Crippen LogP contribution in [0.1, 0.15) is 11.1 Å². The highest BCUT2D eigenvalue weighted by molar-refractivity contribution is 14.1. The molecule has 12 heteroatoms. The Balaban J connectivity index is 1.96. The van der Waals surface area contributed by atoms with Crippen molar-refractivity contribution in [3.05, 3.63) is 78.9 Å². The van der Waals surface area contributed by atoms with Gasteiger partial charge in [-0.15, -0.1) is 0 Å². The number of rotatable bonds is 3. The van der Waals surface area contributed by atoms with Crippen LogP contribution in [0.3, 0.4) is 0 Å². The second-order valence-electron chi connectivity index (χ2n) is 7.92. The van der Waals surface area contributed by atoms with Gasteiger partial charge in [0.25, 0.3) is 0 Å². The van der Waals surface area contributed by atoms with Gasteiger partial charge in [-0.2, -0.15) is 43.9 Å². The summed E-state index contributed by atoms with van der Waals surface area (Å²) < 4.78 is 134. The Morgan fingerprint density at radius 1 is 0.444 bits per heavy atom. The zero-order chi connectivity index (χ0) is 26.8. The number of hydrogen-bond donors (Lipinski definition) is 0. The van der Waals surface area contributed by atoms with Crippen molar-refractivity contribution in [1.82, 2.24) is 0 Å². The third kappa shape index (κ3) is 4.63. The molecular weight excluding hydrogens is 732 g/mol. The maximum atomic E-state index is 13.9. The normalized spacial score (nSPS) is 13.6. The predicted octanol–water partition coefficient (Wildman–Crippen LogP) is 10.2. The SMILES string of the molecule is FC(F)(F)C(F)(F)c1ccc2c(-c3cc(I)cc4cc(C(F)(F)C(F)(F)F)ccc34)cc(I)cc2c1. The van der Waals surface area contributed by atoms with Crippen molar-refractivity contribution in [2.45, 2.75) is 24.2 Å². The fraction of sp³-hybridized carbons (Fsp3) is 0.167. The first-order chi connectivity index (χ1) is 16.4. The zero-order valence-corrected chi connectivity index (χ0v) is 21.6. The molecule has 0 saturated carbocycles. The summed E-state index contributed by atoms with van der Waals surface area (Å²) in [5.41, 5.74) is -1.72. The topological polar surface area (TPSA) is 0 Å². The minimum atomic E-state index is -5.80. The minimum Gasteiger partial charge on any atom is -0.191 e. The van der Waals surface area contributed by atoms with E-state index >= 15 is 0 Å². The van der Waals surface area contributed by atoms with Crippen LogP contribution >= 0.6 is 45.2 Å². The van der Waals surface area contributed by atoms with Crippen molar-refractivity contribution >= 4 is 66.7 Å². The summed E-state index contributed by atoms with van der Waals surface area (Å²) in [6.45, 7) is 0. The van der Waals surface area contributed by atoms with Crippen LogP contribution in [0.25, 0.3) is 32.7 Å². The fourth-order valence-electron chi connectivity index (χ4n) is 3.83. The summed E-state index contributed by atoms with van der Waals surface area (Å²) in [5, 5.41) is 0.742. The van der Waals surface area contributed by atoms with E-state index in [0.717, 1.165) is 24.3 Å². The highest BCUT2D eigenvalue weighted by atomic mass is 127. The van der Waals surface area contributed by atoms with Gasteiger partial charge in [-0.05, 0) is 114 Å². The molecule has 4 aromatic carbocycles. The Bertz CT molecular complexity index is 1370. The van der Waals surface area contributed by atoms with Gasteiger partial charge in [-0.1, -0.05) is 24.3 Å². The maximum Gasteiger partial charge on any atom is 0.458 e. The molecule has 0 aromatic heterocycles. The van der Waals surface area contributed by atoms with Gasteiger partial charge in [0.1, 0.15) is 0 Å². The van der Waals surface area contributed by atoms with Crippen LogP contribution in [0, 0.1) is 7.14 Å². The highest BCUT2D eigenvalue weighted by Crippen LogP contribution is 2.47. The summed E-state index contributed by atoms with van der Waals surface area (Å²) in [6.07, 6.45) is -11.6. The van der Waals surface area contributed by atoms with E-state index in [1.54, 1.807) is 12.1 Å². The first kappa shape index (κ1) is 27.2. The van der Waals surface area contributed by atoms with E-state index in [0.29, 0.717) is 41.2 Å². The van der Waals surface area contributed by atoms with Crippen molar-refractivity contribution in [3.63, 3.8) is 0 Å². The van der Waals surface area contributed by atoms with Crippen LogP contribution in [-0.2, 0) is 11.8 Å². The van der Waals surface area contributed by atoms with Gasteiger partial charge in [0.15, 0.2) is 0 Å². The van der Waals surface area contributed by atoms with E-state index in [1.165, 1.54) is 12.1 Å². The molecule has 0 radical (unpaired) electrons. The number of benzene rings is 4. The van der Waals surface area contributed by atoms with Crippen LogP contribution in [-0.4, -0.2) is 12.4 Å². The van der Waals surface area contributed by atoms with E-state index in [2.05, 4.69) is 0 Å². The van der Waals surface area contributed by atoms with Crippen molar-refractivity contribution in [3.8, 4) is 11.1 Å². The molecule has 36 heavy (non-hydrogen) atoms. The molecule has 0 amide bonds. The first-order valence-electron chi connectivity index (χ1n) is 9.80. The smallest absolute Gasteiger partial charge is 0.191 e. The lowest BCUT2D eigenvalue weighted by Gasteiger charge is -2.21. The minimum absolute atomic E-state index is 0.0746.